The van der Waals surface area contributed by atoms with Gasteiger partial charge in [-0.1, -0.05) is 62.6 Å². The van der Waals surface area contributed by atoms with E-state index >= 15 is 0 Å². The van der Waals surface area contributed by atoms with E-state index in [1.807, 2.05) is 39.1 Å². The van der Waals surface area contributed by atoms with Gasteiger partial charge in [-0.05, 0) is 63.3 Å². The molecule has 0 aliphatic carbocycles. The molecule has 42 heavy (non-hydrogen) atoms. The third-order valence-electron chi connectivity index (χ3n) is 7.71. The Hall–Kier alpha value is -4.07. The van der Waals surface area contributed by atoms with Crippen molar-refractivity contribution in [1.82, 2.24) is 30.0 Å². The SMILES string of the molecule is CCCCCCn1c(CCCc2c[nH]c3ccccc23)nnc1[C@@H](Cc1c[nH]c2ccccc12)NC(=O)OC(C)(C)C. The standard InChI is InChI=1S/C34H44N6O2/c1-5-6-7-12-20-40-31(19-13-14-24-22-35-28-17-10-8-15-26(24)28)38-39-32(40)30(37-33(41)42-34(2,3)4)21-25-23-36-29-18-11-9-16-27(25)29/h8-11,15-18,22-23,30,35-36H,5-7,12-14,19-21H2,1-4H3,(H,37,41)/t30-/m1/s1. The second kappa shape index (κ2) is 13.3. The average molecular weight is 569 g/mol. The normalized spacial score (nSPS) is 12.7. The first-order valence-corrected chi connectivity index (χ1v) is 15.3. The third-order valence-corrected chi connectivity index (χ3v) is 7.71. The number of carbonyl (C=O) groups is 1. The van der Waals surface area contributed by atoms with Gasteiger partial charge >= 0.3 is 6.09 Å². The van der Waals surface area contributed by atoms with Crippen LogP contribution in [0.3, 0.4) is 0 Å². The van der Waals surface area contributed by atoms with Gasteiger partial charge in [0, 0.05) is 53.6 Å². The highest BCUT2D eigenvalue weighted by atomic mass is 16.6. The van der Waals surface area contributed by atoms with Crippen LogP contribution in [0.2, 0.25) is 0 Å². The maximum Gasteiger partial charge on any atom is 0.408 e. The van der Waals surface area contributed by atoms with Gasteiger partial charge in [0.2, 0.25) is 0 Å². The minimum absolute atomic E-state index is 0.389. The molecular formula is C34H44N6O2. The number of aromatic nitrogens is 5. The van der Waals surface area contributed by atoms with Crippen LogP contribution in [-0.4, -0.2) is 36.4 Å². The molecule has 5 rings (SSSR count). The van der Waals surface area contributed by atoms with Crippen molar-refractivity contribution >= 4 is 27.9 Å². The quantitative estimate of drug-likeness (QED) is 0.126. The van der Waals surface area contributed by atoms with Crippen LogP contribution in [0, 0.1) is 0 Å². The summed E-state index contributed by atoms with van der Waals surface area (Å²) in [6, 6.07) is 16.3. The minimum atomic E-state index is -0.600. The molecule has 3 aromatic heterocycles. The van der Waals surface area contributed by atoms with Crippen LogP contribution < -0.4 is 5.32 Å². The van der Waals surface area contributed by atoms with Crippen LogP contribution in [0.4, 0.5) is 4.79 Å². The fraction of sp³-hybridized carbons (Fsp3) is 0.441. The molecule has 5 aromatic rings. The lowest BCUT2D eigenvalue weighted by atomic mass is 10.0. The first-order chi connectivity index (χ1) is 20.3. The van der Waals surface area contributed by atoms with Crippen LogP contribution in [0.5, 0.6) is 0 Å². The Kier molecular flexibility index (Phi) is 9.30. The number of fused-ring (bicyclic) bond motifs is 2. The lowest BCUT2D eigenvalue weighted by molar-refractivity contribution is 0.0500. The molecule has 0 saturated carbocycles. The lowest BCUT2D eigenvalue weighted by Gasteiger charge is -2.24. The summed E-state index contributed by atoms with van der Waals surface area (Å²) in [5.74, 6) is 1.75. The van der Waals surface area contributed by atoms with Gasteiger partial charge in [0.15, 0.2) is 5.82 Å². The van der Waals surface area contributed by atoms with Crippen LogP contribution in [0.15, 0.2) is 60.9 Å². The molecule has 222 valence electrons. The van der Waals surface area contributed by atoms with E-state index in [2.05, 4.69) is 69.4 Å². The van der Waals surface area contributed by atoms with Crippen LogP contribution in [-0.2, 0) is 30.5 Å². The van der Waals surface area contributed by atoms with E-state index in [1.165, 1.54) is 29.3 Å². The number of rotatable bonds is 13. The van der Waals surface area contributed by atoms with Crippen molar-refractivity contribution in [3.05, 3.63) is 83.7 Å². The Morgan fingerprint density at radius 1 is 0.881 bits per heavy atom. The number of alkyl carbamates (subject to hydrolysis) is 1. The summed E-state index contributed by atoms with van der Waals surface area (Å²) in [6.07, 6.45) is 11.6. The molecule has 0 fully saturated rings. The molecule has 2 aromatic carbocycles. The van der Waals surface area contributed by atoms with E-state index in [0.29, 0.717) is 6.42 Å². The van der Waals surface area contributed by atoms with Crippen molar-refractivity contribution in [3.63, 3.8) is 0 Å². The Bertz CT molecular complexity index is 1610. The van der Waals surface area contributed by atoms with Crippen LogP contribution >= 0.6 is 0 Å². The maximum atomic E-state index is 13.1. The number of hydrogen-bond acceptors (Lipinski definition) is 4. The summed E-state index contributed by atoms with van der Waals surface area (Å²) in [6.45, 7) is 8.68. The highest BCUT2D eigenvalue weighted by Crippen LogP contribution is 2.26. The Morgan fingerprint density at radius 2 is 1.55 bits per heavy atom. The predicted molar refractivity (Wildman–Crippen MR) is 169 cm³/mol. The van der Waals surface area contributed by atoms with Gasteiger partial charge in [-0.3, -0.25) is 0 Å². The molecule has 0 spiro atoms. The first kappa shape index (κ1) is 29.4. The molecular weight excluding hydrogens is 524 g/mol. The fourth-order valence-corrected chi connectivity index (χ4v) is 5.68. The number of nitrogens with zero attached hydrogens (tertiary/aromatic N) is 3. The van der Waals surface area contributed by atoms with Gasteiger partial charge in [0.1, 0.15) is 11.4 Å². The molecule has 0 radical (unpaired) electrons. The zero-order valence-electron chi connectivity index (χ0n) is 25.4. The number of benzene rings is 2. The van der Waals surface area contributed by atoms with Gasteiger partial charge in [0.05, 0.1) is 6.04 Å². The molecule has 1 amide bonds. The van der Waals surface area contributed by atoms with Gasteiger partial charge in [-0.25, -0.2) is 4.79 Å². The van der Waals surface area contributed by atoms with Crippen molar-refractivity contribution in [2.75, 3.05) is 0 Å². The molecule has 3 heterocycles. The summed E-state index contributed by atoms with van der Waals surface area (Å²) in [5, 5.41) is 15.0. The summed E-state index contributed by atoms with van der Waals surface area (Å²) < 4.78 is 7.93. The van der Waals surface area contributed by atoms with Crippen LogP contribution in [0.1, 0.15) is 88.6 Å². The highest BCUT2D eigenvalue weighted by molar-refractivity contribution is 5.83. The Morgan fingerprint density at radius 3 is 2.24 bits per heavy atom. The highest BCUT2D eigenvalue weighted by Gasteiger charge is 2.27. The first-order valence-electron chi connectivity index (χ1n) is 15.3. The number of unbranched alkanes of at least 4 members (excludes halogenated alkanes) is 3. The molecule has 8 heteroatoms. The monoisotopic (exact) mass is 568 g/mol. The van der Waals surface area contributed by atoms with Crippen LogP contribution in [0.25, 0.3) is 21.8 Å². The van der Waals surface area contributed by atoms with Gasteiger partial charge in [0.25, 0.3) is 0 Å². The van der Waals surface area contributed by atoms with Crippen molar-refractivity contribution in [1.29, 1.82) is 0 Å². The second-order valence-corrected chi connectivity index (χ2v) is 12.2. The summed E-state index contributed by atoms with van der Waals surface area (Å²) in [7, 11) is 0. The number of nitrogens with one attached hydrogen (secondary N) is 3. The predicted octanol–water partition coefficient (Wildman–Crippen LogP) is 7.80. The van der Waals surface area contributed by atoms with E-state index in [-0.39, 0.29) is 6.04 Å². The van der Waals surface area contributed by atoms with E-state index in [0.717, 1.165) is 66.8 Å². The lowest BCUT2D eigenvalue weighted by Crippen LogP contribution is -2.37. The van der Waals surface area contributed by atoms with Gasteiger partial charge < -0.3 is 24.6 Å². The average Bonchev–Trinajstić information content (AvgIpc) is 3.67. The van der Waals surface area contributed by atoms with Gasteiger partial charge in [-0.2, -0.15) is 0 Å². The number of amides is 1. The van der Waals surface area contributed by atoms with Crippen molar-refractivity contribution < 1.29 is 9.53 Å². The molecule has 8 nitrogen and oxygen atoms in total. The summed E-state index contributed by atoms with van der Waals surface area (Å²) in [4.78, 5) is 19.8. The largest absolute Gasteiger partial charge is 0.444 e. The number of aromatic amines is 2. The van der Waals surface area contributed by atoms with Crippen molar-refractivity contribution in [2.45, 2.75) is 97.2 Å². The minimum Gasteiger partial charge on any atom is -0.444 e. The van der Waals surface area contributed by atoms with Crippen molar-refractivity contribution in [3.8, 4) is 0 Å². The number of ether oxygens (including phenoxy) is 1. The van der Waals surface area contributed by atoms with Crippen molar-refractivity contribution in [2.24, 2.45) is 0 Å². The molecule has 0 saturated heterocycles. The topological polar surface area (TPSA) is 101 Å². The zero-order valence-corrected chi connectivity index (χ0v) is 25.4. The summed E-state index contributed by atoms with van der Waals surface area (Å²) >= 11 is 0. The number of carbonyl (C=O) groups excluding carboxylic acids is 1. The smallest absolute Gasteiger partial charge is 0.408 e. The molecule has 3 N–H and O–H groups in total. The summed E-state index contributed by atoms with van der Waals surface area (Å²) in [5.41, 5.74) is 4.08. The number of hydrogen-bond donors (Lipinski definition) is 3. The van der Waals surface area contributed by atoms with E-state index in [4.69, 9.17) is 14.9 Å². The fourth-order valence-electron chi connectivity index (χ4n) is 5.68. The number of H-pyrrole nitrogens is 2. The number of aryl methyl sites for hydroxylation is 2. The van der Waals surface area contributed by atoms with E-state index in [1.54, 1.807) is 0 Å². The Balaban J connectivity index is 1.41. The molecule has 0 unspecified atom stereocenters. The third kappa shape index (κ3) is 7.22. The number of para-hydroxylation sites is 2. The Labute approximate surface area is 248 Å². The molecule has 0 aliphatic rings. The maximum absolute atomic E-state index is 13.1. The van der Waals surface area contributed by atoms with Gasteiger partial charge in [-0.15, -0.1) is 10.2 Å². The molecule has 0 bridgehead atoms. The zero-order chi connectivity index (χ0) is 29.5. The molecule has 1 atom stereocenters. The van der Waals surface area contributed by atoms with E-state index < -0.39 is 11.7 Å². The second-order valence-electron chi connectivity index (χ2n) is 12.2. The molecule has 0 aliphatic heterocycles. The van der Waals surface area contributed by atoms with E-state index in [9.17, 15) is 4.79 Å².